The smallest absolute Gasteiger partial charge is 0.187 e. The number of fused-ring (bicyclic) bond motifs is 1. The summed E-state index contributed by atoms with van der Waals surface area (Å²) in [6.45, 7) is 4.80. The van der Waals surface area contributed by atoms with Crippen molar-refractivity contribution in [2.75, 3.05) is 13.7 Å². The van der Waals surface area contributed by atoms with Gasteiger partial charge in [0.25, 0.3) is 0 Å². The second kappa shape index (κ2) is 5.51. The first kappa shape index (κ1) is 14.3. The molecule has 5 heteroatoms. The molecule has 0 spiro atoms. The fourth-order valence-electron chi connectivity index (χ4n) is 2.77. The van der Waals surface area contributed by atoms with Gasteiger partial charge in [-0.15, -0.1) is 0 Å². The van der Waals surface area contributed by atoms with Gasteiger partial charge in [0, 0.05) is 0 Å². The summed E-state index contributed by atoms with van der Waals surface area (Å²) >= 11 is 0. The molecule has 0 amide bonds. The highest BCUT2D eigenvalue weighted by atomic mass is 32.2. The molecule has 0 fully saturated rings. The number of ether oxygens (including phenoxy) is 1. The molecule has 1 aliphatic heterocycles. The molecule has 1 heterocycles. The molecule has 1 aromatic rings. The molecule has 1 aliphatic rings. The number of methoxy groups -OCH3 is 1. The molecule has 2 rings (SSSR count). The Balaban J connectivity index is 2.56. The minimum absolute atomic E-state index is 0.125. The van der Waals surface area contributed by atoms with Crippen LogP contribution >= 0.6 is 0 Å². The number of hydrogen-bond donors (Lipinski definition) is 1. The summed E-state index contributed by atoms with van der Waals surface area (Å²) in [5, 5.41) is 2.96. The Bertz CT molecular complexity index is 554. The summed E-state index contributed by atoms with van der Waals surface area (Å²) < 4.78 is 30.5. The van der Waals surface area contributed by atoms with Crippen LogP contribution in [0.5, 0.6) is 5.75 Å². The van der Waals surface area contributed by atoms with E-state index in [9.17, 15) is 8.42 Å². The number of hydrogen-bond acceptors (Lipinski definition) is 4. The van der Waals surface area contributed by atoms with Crippen molar-refractivity contribution in [1.29, 1.82) is 0 Å². The van der Waals surface area contributed by atoms with Crippen molar-refractivity contribution in [1.82, 2.24) is 5.32 Å². The molecule has 0 saturated carbocycles. The van der Waals surface area contributed by atoms with E-state index in [1.165, 1.54) is 7.11 Å². The maximum atomic E-state index is 12.6. The molecular formula is C14H21NO3S. The standard InChI is InChI=1S/C14H21NO3S/c1-4-9-15-13-10-7-6-8-11(18-3)14(10)19(16,17)12(13)5-2/h6-8,12-13,15H,4-5,9H2,1-3H3. The predicted molar refractivity (Wildman–Crippen MR) is 75.3 cm³/mol. The van der Waals surface area contributed by atoms with Crippen LogP contribution in [-0.2, 0) is 9.84 Å². The van der Waals surface area contributed by atoms with Crippen molar-refractivity contribution in [3.8, 4) is 5.75 Å². The maximum Gasteiger partial charge on any atom is 0.187 e. The Morgan fingerprint density at radius 2 is 2.05 bits per heavy atom. The molecule has 0 saturated heterocycles. The minimum Gasteiger partial charge on any atom is -0.495 e. The largest absolute Gasteiger partial charge is 0.495 e. The van der Waals surface area contributed by atoms with Gasteiger partial charge in [-0.3, -0.25) is 0 Å². The zero-order valence-electron chi connectivity index (χ0n) is 11.6. The average molecular weight is 283 g/mol. The summed E-state index contributed by atoms with van der Waals surface area (Å²) in [5.41, 5.74) is 0.847. The summed E-state index contributed by atoms with van der Waals surface area (Å²) in [6.07, 6.45) is 1.58. The molecule has 0 aromatic heterocycles. The van der Waals surface area contributed by atoms with E-state index in [1.807, 2.05) is 19.1 Å². The molecule has 0 bridgehead atoms. The highest BCUT2D eigenvalue weighted by Crippen LogP contribution is 2.44. The summed E-state index contributed by atoms with van der Waals surface area (Å²) in [7, 11) is -1.79. The van der Waals surface area contributed by atoms with Crippen molar-refractivity contribution < 1.29 is 13.2 Å². The Morgan fingerprint density at radius 3 is 2.63 bits per heavy atom. The first-order chi connectivity index (χ1) is 9.07. The molecule has 0 radical (unpaired) electrons. The first-order valence-corrected chi connectivity index (χ1v) is 8.26. The van der Waals surface area contributed by atoms with Gasteiger partial charge in [0.15, 0.2) is 9.84 Å². The number of rotatable bonds is 5. The summed E-state index contributed by atoms with van der Waals surface area (Å²) in [5.74, 6) is 0.455. The van der Waals surface area contributed by atoms with Gasteiger partial charge in [0.1, 0.15) is 10.6 Å². The lowest BCUT2D eigenvalue weighted by atomic mass is 10.0. The van der Waals surface area contributed by atoms with E-state index >= 15 is 0 Å². The first-order valence-electron chi connectivity index (χ1n) is 6.72. The zero-order valence-corrected chi connectivity index (χ0v) is 12.5. The average Bonchev–Trinajstić information content (AvgIpc) is 2.63. The van der Waals surface area contributed by atoms with Crippen molar-refractivity contribution in [3.05, 3.63) is 23.8 Å². The van der Waals surface area contributed by atoms with E-state index < -0.39 is 15.1 Å². The van der Waals surface area contributed by atoms with E-state index in [2.05, 4.69) is 12.2 Å². The fraction of sp³-hybridized carbons (Fsp3) is 0.571. The van der Waals surface area contributed by atoms with E-state index in [-0.39, 0.29) is 6.04 Å². The van der Waals surface area contributed by atoms with Crippen LogP contribution in [0.1, 0.15) is 38.3 Å². The quantitative estimate of drug-likeness (QED) is 0.901. The lowest BCUT2D eigenvalue weighted by Gasteiger charge is -2.19. The van der Waals surface area contributed by atoms with Crippen LogP contribution in [0.15, 0.2) is 23.1 Å². The van der Waals surface area contributed by atoms with E-state index in [0.717, 1.165) is 18.5 Å². The predicted octanol–water partition coefficient (Wildman–Crippen LogP) is 2.30. The fourth-order valence-corrected chi connectivity index (χ4v) is 5.07. The zero-order chi connectivity index (χ0) is 14.0. The van der Waals surface area contributed by atoms with Crippen LogP contribution in [0.4, 0.5) is 0 Å². The lowest BCUT2D eigenvalue weighted by molar-refractivity contribution is 0.401. The van der Waals surface area contributed by atoms with Crippen LogP contribution in [0.2, 0.25) is 0 Å². The van der Waals surface area contributed by atoms with Crippen molar-refractivity contribution in [2.45, 2.75) is 42.9 Å². The molecule has 106 valence electrons. The molecule has 1 N–H and O–H groups in total. The van der Waals surface area contributed by atoms with Crippen molar-refractivity contribution >= 4 is 9.84 Å². The van der Waals surface area contributed by atoms with Gasteiger partial charge >= 0.3 is 0 Å². The maximum absolute atomic E-state index is 12.6. The third kappa shape index (κ3) is 2.25. The molecular weight excluding hydrogens is 262 g/mol. The van der Waals surface area contributed by atoms with Gasteiger partial charge in [0.2, 0.25) is 0 Å². The SMILES string of the molecule is CCCNC1c2cccc(OC)c2S(=O)(=O)C1CC. The van der Waals surface area contributed by atoms with Gasteiger partial charge in [-0.1, -0.05) is 26.0 Å². The third-order valence-electron chi connectivity index (χ3n) is 3.64. The van der Waals surface area contributed by atoms with Crippen LogP contribution in [-0.4, -0.2) is 27.3 Å². The molecule has 2 unspecified atom stereocenters. The monoisotopic (exact) mass is 283 g/mol. The van der Waals surface area contributed by atoms with Crippen molar-refractivity contribution in [2.24, 2.45) is 0 Å². The second-order valence-corrected chi connectivity index (χ2v) is 6.91. The Kier molecular flexibility index (Phi) is 4.16. The van der Waals surface area contributed by atoms with Crippen LogP contribution < -0.4 is 10.1 Å². The van der Waals surface area contributed by atoms with E-state index in [0.29, 0.717) is 17.1 Å². The van der Waals surface area contributed by atoms with Crippen LogP contribution in [0, 0.1) is 0 Å². The van der Waals surface area contributed by atoms with Gasteiger partial charge in [-0.2, -0.15) is 0 Å². The van der Waals surface area contributed by atoms with Gasteiger partial charge in [-0.05, 0) is 31.0 Å². The van der Waals surface area contributed by atoms with Gasteiger partial charge in [-0.25, -0.2) is 8.42 Å². The molecule has 4 nitrogen and oxygen atoms in total. The second-order valence-electron chi connectivity index (χ2n) is 4.80. The minimum atomic E-state index is -3.31. The van der Waals surface area contributed by atoms with Crippen LogP contribution in [0.25, 0.3) is 0 Å². The van der Waals surface area contributed by atoms with Gasteiger partial charge in [0.05, 0.1) is 18.4 Å². The van der Waals surface area contributed by atoms with E-state index in [4.69, 9.17) is 4.74 Å². The Hall–Kier alpha value is -1.07. The molecule has 2 atom stereocenters. The number of sulfone groups is 1. The third-order valence-corrected chi connectivity index (χ3v) is 6.04. The van der Waals surface area contributed by atoms with Crippen molar-refractivity contribution in [3.63, 3.8) is 0 Å². The van der Waals surface area contributed by atoms with Gasteiger partial charge < -0.3 is 10.1 Å². The Morgan fingerprint density at radius 1 is 1.32 bits per heavy atom. The lowest BCUT2D eigenvalue weighted by Crippen LogP contribution is -2.31. The molecule has 0 aliphatic carbocycles. The Labute approximate surface area is 115 Å². The highest BCUT2D eigenvalue weighted by molar-refractivity contribution is 7.92. The normalized spacial score (nSPS) is 24.2. The summed E-state index contributed by atoms with van der Waals surface area (Å²) in [6, 6.07) is 5.33. The topological polar surface area (TPSA) is 55.4 Å². The molecule has 1 aromatic carbocycles. The summed E-state index contributed by atoms with van der Waals surface area (Å²) in [4.78, 5) is 0.373. The number of benzene rings is 1. The van der Waals surface area contributed by atoms with E-state index in [1.54, 1.807) is 6.07 Å². The highest BCUT2D eigenvalue weighted by Gasteiger charge is 2.45. The molecule has 19 heavy (non-hydrogen) atoms. The number of nitrogens with one attached hydrogen (secondary N) is 1. The van der Waals surface area contributed by atoms with Crippen LogP contribution in [0.3, 0.4) is 0 Å².